The predicted molar refractivity (Wildman–Crippen MR) is 167 cm³/mol. The van der Waals surface area contributed by atoms with Crippen LogP contribution in [0, 0.1) is 11.8 Å². The minimum Gasteiger partial charge on any atom is -0.508 e. The molecule has 0 radical (unpaired) electrons. The van der Waals surface area contributed by atoms with E-state index in [0.717, 1.165) is 16.7 Å². The van der Waals surface area contributed by atoms with Crippen LogP contribution >= 0.6 is 0 Å². The normalized spacial score (nSPS) is 14.7. The standard InChI is InChI=1S/C34H44N4O5/c1-22(2)17-29(36)33(42)37-30(20-24-11-7-4-8-12-24)34(43)38-32(41)26(18-25-13-15-27(39)16-14-25)21-31(40)28(35)19-23-9-5-3-6-10-23/h3-16,22,26,28-31,39-40H,17-21,35-36H2,1-2H3,(H,37,42)(H,38,41,43)/t26-,28+,29?,30?,31+/m1/s1. The maximum absolute atomic E-state index is 13.6. The molecule has 9 heteroatoms. The van der Waals surface area contributed by atoms with Gasteiger partial charge in [-0.2, -0.15) is 0 Å². The highest BCUT2D eigenvalue weighted by Gasteiger charge is 2.30. The van der Waals surface area contributed by atoms with Crippen molar-refractivity contribution >= 4 is 17.7 Å². The van der Waals surface area contributed by atoms with Gasteiger partial charge < -0.3 is 27.0 Å². The zero-order chi connectivity index (χ0) is 31.4. The number of aliphatic hydroxyl groups is 1. The summed E-state index contributed by atoms with van der Waals surface area (Å²) in [6.45, 7) is 3.91. The molecule has 0 saturated carbocycles. The molecular formula is C34H44N4O5. The average molecular weight is 589 g/mol. The summed E-state index contributed by atoms with van der Waals surface area (Å²) in [5, 5.41) is 25.9. The number of imide groups is 1. The number of hydrogen-bond acceptors (Lipinski definition) is 7. The van der Waals surface area contributed by atoms with Crippen LogP contribution in [0.1, 0.15) is 43.4 Å². The topological polar surface area (TPSA) is 168 Å². The number of benzene rings is 3. The lowest BCUT2D eigenvalue weighted by molar-refractivity contribution is -0.136. The molecule has 0 aromatic heterocycles. The number of carbonyl (C=O) groups excluding carboxylic acids is 3. The second-order valence-corrected chi connectivity index (χ2v) is 11.6. The van der Waals surface area contributed by atoms with E-state index in [2.05, 4.69) is 10.6 Å². The number of phenols is 1. The molecule has 0 fully saturated rings. The van der Waals surface area contributed by atoms with Crippen molar-refractivity contribution in [1.29, 1.82) is 0 Å². The molecule has 0 bridgehead atoms. The summed E-state index contributed by atoms with van der Waals surface area (Å²) >= 11 is 0. The van der Waals surface area contributed by atoms with Gasteiger partial charge in [0, 0.05) is 18.4 Å². The fourth-order valence-electron chi connectivity index (χ4n) is 4.95. The monoisotopic (exact) mass is 588 g/mol. The zero-order valence-corrected chi connectivity index (χ0v) is 24.9. The lowest BCUT2D eigenvalue weighted by Crippen LogP contribution is -2.54. The number of aromatic hydroxyl groups is 1. The Labute approximate surface area is 253 Å². The number of phenolic OH excluding ortho intramolecular Hbond substituents is 1. The van der Waals surface area contributed by atoms with E-state index in [4.69, 9.17) is 11.5 Å². The van der Waals surface area contributed by atoms with Crippen LogP contribution in [0.3, 0.4) is 0 Å². The maximum atomic E-state index is 13.6. The molecule has 230 valence electrons. The van der Waals surface area contributed by atoms with Crippen LogP contribution in [0.5, 0.6) is 5.75 Å². The molecule has 0 spiro atoms. The van der Waals surface area contributed by atoms with Crippen molar-refractivity contribution in [3.8, 4) is 5.75 Å². The zero-order valence-electron chi connectivity index (χ0n) is 24.9. The molecule has 8 N–H and O–H groups in total. The van der Waals surface area contributed by atoms with Crippen LogP contribution in [0.15, 0.2) is 84.9 Å². The molecule has 0 aliphatic carbocycles. The first-order valence-corrected chi connectivity index (χ1v) is 14.7. The van der Waals surface area contributed by atoms with Crippen LogP contribution in [0.25, 0.3) is 0 Å². The lowest BCUT2D eigenvalue weighted by atomic mass is 9.89. The SMILES string of the molecule is CC(C)CC(N)C(=O)NC(Cc1ccccc1)C(=O)NC(=O)[C@H](Cc1ccc(O)cc1)C[C@H](O)[C@@H](N)Cc1ccccc1. The Bertz CT molecular complexity index is 1300. The van der Waals surface area contributed by atoms with E-state index >= 15 is 0 Å². The van der Waals surface area contributed by atoms with E-state index in [1.165, 1.54) is 12.1 Å². The van der Waals surface area contributed by atoms with Gasteiger partial charge in [-0.15, -0.1) is 0 Å². The third-order valence-electron chi connectivity index (χ3n) is 7.35. The highest BCUT2D eigenvalue weighted by Crippen LogP contribution is 2.20. The van der Waals surface area contributed by atoms with Crippen molar-refractivity contribution in [2.45, 2.75) is 70.2 Å². The van der Waals surface area contributed by atoms with Crippen molar-refractivity contribution < 1.29 is 24.6 Å². The van der Waals surface area contributed by atoms with E-state index in [0.29, 0.717) is 12.8 Å². The van der Waals surface area contributed by atoms with E-state index in [1.807, 2.05) is 74.5 Å². The Morgan fingerprint density at radius 2 is 1.23 bits per heavy atom. The minimum atomic E-state index is -1.04. The largest absolute Gasteiger partial charge is 0.508 e. The summed E-state index contributed by atoms with van der Waals surface area (Å²) < 4.78 is 0. The van der Waals surface area contributed by atoms with Crippen LogP contribution in [0.4, 0.5) is 0 Å². The summed E-state index contributed by atoms with van der Waals surface area (Å²) in [7, 11) is 0. The molecule has 2 unspecified atom stereocenters. The van der Waals surface area contributed by atoms with E-state index in [9.17, 15) is 24.6 Å². The van der Waals surface area contributed by atoms with E-state index in [1.54, 1.807) is 12.1 Å². The second-order valence-electron chi connectivity index (χ2n) is 11.6. The summed E-state index contributed by atoms with van der Waals surface area (Å²) in [6.07, 6.45) is 0.188. The first-order valence-electron chi connectivity index (χ1n) is 14.7. The Morgan fingerprint density at radius 3 is 1.79 bits per heavy atom. The molecule has 3 aromatic carbocycles. The smallest absolute Gasteiger partial charge is 0.249 e. The number of hydrogen-bond donors (Lipinski definition) is 6. The van der Waals surface area contributed by atoms with E-state index in [-0.39, 0.29) is 30.9 Å². The number of aliphatic hydroxyl groups excluding tert-OH is 1. The van der Waals surface area contributed by atoms with Crippen LogP contribution in [0.2, 0.25) is 0 Å². The maximum Gasteiger partial charge on any atom is 0.249 e. The van der Waals surface area contributed by atoms with E-state index < -0.39 is 47.9 Å². The molecule has 0 heterocycles. The fraction of sp³-hybridized carbons (Fsp3) is 0.382. The molecule has 3 amide bonds. The van der Waals surface area contributed by atoms with Gasteiger partial charge in [0.15, 0.2) is 0 Å². The Balaban J connectivity index is 1.77. The quantitative estimate of drug-likeness (QED) is 0.159. The third kappa shape index (κ3) is 11.3. The molecule has 0 aliphatic heterocycles. The van der Waals surface area contributed by atoms with Gasteiger partial charge in [0.1, 0.15) is 11.8 Å². The van der Waals surface area contributed by atoms with Gasteiger partial charge in [0.05, 0.1) is 12.1 Å². The average Bonchev–Trinajstić information content (AvgIpc) is 2.98. The van der Waals surface area contributed by atoms with Gasteiger partial charge in [-0.05, 0) is 60.4 Å². The third-order valence-corrected chi connectivity index (χ3v) is 7.35. The fourth-order valence-corrected chi connectivity index (χ4v) is 4.95. The van der Waals surface area contributed by atoms with Gasteiger partial charge in [0.2, 0.25) is 17.7 Å². The molecule has 3 aromatic rings. The molecule has 5 atom stereocenters. The van der Waals surface area contributed by atoms with Gasteiger partial charge in [-0.25, -0.2) is 0 Å². The summed E-state index contributed by atoms with van der Waals surface area (Å²) in [5.41, 5.74) is 14.9. The number of rotatable bonds is 15. The van der Waals surface area contributed by atoms with Crippen LogP contribution < -0.4 is 22.1 Å². The molecule has 3 rings (SSSR count). The molecular weight excluding hydrogens is 544 g/mol. The number of nitrogens with one attached hydrogen (secondary N) is 2. The highest BCUT2D eigenvalue weighted by molar-refractivity contribution is 6.00. The molecule has 0 saturated heterocycles. The Hall–Kier alpha value is -4.05. The molecule has 43 heavy (non-hydrogen) atoms. The van der Waals surface area contributed by atoms with Crippen molar-refractivity contribution in [3.63, 3.8) is 0 Å². The van der Waals surface area contributed by atoms with Crippen molar-refractivity contribution in [2.75, 3.05) is 0 Å². The summed E-state index contributed by atoms with van der Waals surface area (Å²) in [6, 6.07) is 22.6. The number of nitrogens with two attached hydrogens (primary N) is 2. The van der Waals surface area contributed by atoms with Gasteiger partial charge in [0.25, 0.3) is 0 Å². The number of amides is 3. The highest BCUT2D eigenvalue weighted by atomic mass is 16.3. The van der Waals surface area contributed by atoms with Crippen molar-refractivity contribution in [3.05, 3.63) is 102 Å². The summed E-state index contributed by atoms with van der Waals surface area (Å²) in [5.74, 6) is -2.29. The Kier molecular flexibility index (Phi) is 12.9. The lowest BCUT2D eigenvalue weighted by Gasteiger charge is -2.25. The minimum absolute atomic E-state index is 0.00294. The van der Waals surface area contributed by atoms with Gasteiger partial charge in [-0.3, -0.25) is 19.7 Å². The molecule has 0 aliphatic rings. The predicted octanol–water partition coefficient (Wildman–Crippen LogP) is 2.62. The Morgan fingerprint density at radius 1 is 0.698 bits per heavy atom. The van der Waals surface area contributed by atoms with Gasteiger partial charge >= 0.3 is 0 Å². The first-order chi connectivity index (χ1) is 20.5. The van der Waals surface area contributed by atoms with Crippen LogP contribution in [-0.2, 0) is 33.6 Å². The second kappa shape index (κ2) is 16.6. The number of carbonyl (C=O) groups is 3. The van der Waals surface area contributed by atoms with Crippen molar-refractivity contribution in [2.24, 2.45) is 23.3 Å². The summed E-state index contributed by atoms with van der Waals surface area (Å²) in [4.78, 5) is 40.0. The molecule has 9 nitrogen and oxygen atoms in total. The first kappa shape index (κ1) is 33.5. The van der Waals surface area contributed by atoms with Crippen LogP contribution in [-0.4, -0.2) is 52.2 Å². The van der Waals surface area contributed by atoms with Crippen molar-refractivity contribution in [1.82, 2.24) is 10.6 Å². The van der Waals surface area contributed by atoms with Gasteiger partial charge in [-0.1, -0.05) is 86.6 Å².